The normalized spacial score (nSPS) is 37.8. The van der Waals surface area contributed by atoms with Gasteiger partial charge in [0.25, 0.3) is 0 Å². The molecular formula is C14H28N2O. The average Bonchev–Trinajstić information content (AvgIpc) is 2.84. The van der Waals surface area contributed by atoms with Crippen molar-refractivity contribution < 1.29 is 4.74 Å². The van der Waals surface area contributed by atoms with Crippen molar-refractivity contribution in [2.45, 2.75) is 45.1 Å². The molecule has 2 aliphatic rings. The third kappa shape index (κ3) is 2.13. The number of methoxy groups -OCH3 is 1. The van der Waals surface area contributed by atoms with Crippen LogP contribution < -0.4 is 5.73 Å². The van der Waals surface area contributed by atoms with Gasteiger partial charge in [-0.05, 0) is 37.1 Å². The summed E-state index contributed by atoms with van der Waals surface area (Å²) >= 11 is 0. The summed E-state index contributed by atoms with van der Waals surface area (Å²) in [5.74, 6) is 0.708. The first kappa shape index (κ1) is 13.3. The summed E-state index contributed by atoms with van der Waals surface area (Å²) in [7, 11) is 1.81. The smallest absolute Gasteiger partial charge is 0.0503 e. The van der Waals surface area contributed by atoms with Gasteiger partial charge >= 0.3 is 0 Å². The standard InChI is InChI=1S/C14H28N2O/c1-13(2)6-4-7-14(13,11-15)16-8-5-12(9-16)10-17-3/h12H,4-11,15H2,1-3H3. The number of likely N-dealkylation sites (tertiary alicyclic amines) is 1. The van der Waals surface area contributed by atoms with Gasteiger partial charge in [-0.3, -0.25) is 4.90 Å². The van der Waals surface area contributed by atoms with E-state index in [2.05, 4.69) is 18.7 Å². The molecule has 0 bridgehead atoms. The number of ether oxygens (including phenoxy) is 1. The molecule has 0 aromatic carbocycles. The van der Waals surface area contributed by atoms with Gasteiger partial charge in [-0.15, -0.1) is 0 Å². The molecule has 0 aromatic rings. The molecule has 1 aliphatic heterocycles. The molecule has 1 heterocycles. The van der Waals surface area contributed by atoms with Crippen molar-refractivity contribution in [1.29, 1.82) is 0 Å². The second kappa shape index (κ2) is 4.87. The lowest BCUT2D eigenvalue weighted by Crippen LogP contribution is -2.59. The van der Waals surface area contributed by atoms with Crippen LogP contribution in [0, 0.1) is 11.3 Å². The Labute approximate surface area is 106 Å². The van der Waals surface area contributed by atoms with E-state index < -0.39 is 0 Å². The summed E-state index contributed by atoms with van der Waals surface area (Å²) in [5.41, 5.74) is 6.78. The van der Waals surface area contributed by atoms with Gasteiger partial charge in [0, 0.05) is 25.7 Å². The molecule has 1 saturated carbocycles. The van der Waals surface area contributed by atoms with Crippen LogP contribution >= 0.6 is 0 Å². The maximum absolute atomic E-state index is 6.17. The van der Waals surface area contributed by atoms with Crippen molar-refractivity contribution in [3.8, 4) is 0 Å². The summed E-state index contributed by atoms with van der Waals surface area (Å²) in [6, 6.07) is 0. The van der Waals surface area contributed by atoms with Crippen molar-refractivity contribution in [2.24, 2.45) is 17.1 Å². The fourth-order valence-corrected chi connectivity index (χ4v) is 4.08. The second-order valence-electron chi connectivity index (χ2n) is 6.53. The van der Waals surface area contributed by atoms with Gasteiger partial charge in [-0.25, -0.2) is 0 Å². The Morgan fingerprint density at radius 1 is 1.35 bits per heavy atom. The molecule has 3 nitrogen and oxygen atoms in total. The second-order valence-corrected chi connectivity index (χ2v) is 6.53. The molecule has 2 rings (SSSR count). The van der Waals surface area contributed by atoms with E-state index in [1.165, 1.54) is 38.8 Å². The SMILES string of the molecule is COCC1CCN(C2(CN)CCCC2(C)C)C1. The van der Waals surface area contributed by atoms with Crippen LogP contribution in [0.4, 0.5) is 0 Å². The number of rotatable bonds is 4. The Morgan fingerprint density at radius 3 is 2.65 bits per heavy atom. The van der Waals surface area contributed by atoms with Crippen molar-refractivity contribution in [2.75, 3.05) is 33.4 Å². The fraction of sp³-hybridized carbons (Fsp3) is 1.00. The first-order valence-corrected chi connectivity index (χ1v) is 7.00. The van der Waals surface area contributed by atoms with Gasteiger partial charge in [0.1, 0.15) is 0 Å². The zero-order chi connectivity index (χ0) is 12.5. The van der Waals surface area contributed by atoms with E-state index in [1.54, 1.807) is 7.11 Å². The highest BCUT2D eigenvalue weighted by Gasteiger charge is 2.52. The van der Waals surface area contributed by atoms with Crippen LogP contribution in [-0.4, -0.2) is 43.8 Å². The Kier molecular flexibility index (Phi) is 3.81. The van der Waals surface area contributed by atoms with Crippen LogP contribution in [0.25, 0.3) is 0 Å². The molecule has 0 radical (unpaired) electrons. The molecule has 2 atom stereocenters. The Morgan fingerprint density at radius 2 is 2.12 bits per heavy atom. The minimum Gasteiger partial charge on any atom is -0.384 e. The van der Waals surface area contributed by atoms with E-state index in [9.17, 15) is 0 Å². The third-order valence-corrected chi connectivity index (χ3v) is 5.28. The molecular weight excluding hydrogens is 212 g/mol. The molecule has 2 unspecified atom stereocenters. The minimum absolute atomic E-state index is 0.246. The minimum atomic E-state index is 0.246. The number of hydrogen-bond donors (Lipinski definition) is 1. The summed E-state index contributed by atoms with van der Waals surface area (Å²) in [4.78, 5) is 2.67. The van der Waals surface area contributed by atoms with Gasteiger partial charge in [0.15, 0.2) is 0 Å². The molecule has 0 amide bonds. The van der Waals surface area contributed by atoms with Gasteiger partial charge < -0.3 is 10.5 Å². The van der Waals surface area contributed by atoms with Crippen LogP contribution in [0.2, 0.25) is 0 Å². The fourth-order valence-electron chi connectivity index (χ4n) is 4.08. The van der Waals surface area contributed by atoms with Crippen LogP contribution in [0.15, 0.2) is 0 Å². The predicted octanol–water partition coefficient (Wildman–Crippen LogP) is 1.86. The summed E-state index contributed by atoms with van der Waals surface area (Å²) in [6.45, 7) is 8.88. The van der Waals surface area contributed by atoms with Crippen molar-refractivity contribution >= 4 is 0 Å². The first-order valence-electron chi connectivity index (χ1n) is 7.00. The van der Waals surface area contributed by atoms with Gasteiger partial charge in [0.05, 0.1) is 6.61 Å². The van der Waals surface area contributed by atoms with E-state index in [1.807, 2.05) is 0 Å². The molecule has 3 heteroatoms. The van der Waals surface area contributed by atoms with E-state index in [0.717, 1.165) is 13.2 Å². The van der Waals surface area contributed by atoms with Crippen LogP contribution in [-0.2, 0) is 4.74 Å². The van der Waals surface area contributed by atoms with Crippen molar-refractivity contribution in [1.82, 2.24) is 4.90 Å². The summed E-state index contributed by atoms with van der Waals surface area (Å²) in [5, 5.41) is 0. The third-order valence-electron chi connectivity index (χ3n) is 5.28. The zero-order valence-electron chi connectivity index (χ0n) is 11.7. The maximum Gasteiger partial charge on any atom is 0.0503 e. The Bertz CT molecular complexity index is 267. The summed E-state index contributed by atoms with van der Waals surface area (Å²) < 4.78 is 5.30. The highest BCUT2D eigenvalue weighted by molar-refractivity contribution is 5.08. The van der Waals surface area contributed by atoms with E-state index >= 15 is 0 Å². The highest BCUT2D eigenvalue weighted by Crippen LogP contribution is 2.50. The molecule has 1 aliphatic carbocycles. The molecule has 0 aromatic heterocycles. The van der Waals surface area contributed by atoms with Gasteiger partial charge in [-0.2, -0.15) is 0 Å². The highest BCUT2D eigenvalue weighted by atomic mass is 16.5. The zero-order valence-corrected chi connectivity index (χ0v) is 11.7. The monoisotopic (exact) mass is 240 g/mol. The quantitative estimate of drug-likeness (QED) is 0.815. The topological polar surface area (TPSA) is 38.5 Å². The summed E-state index contributed by atoms with van der Waals surface area (Å²) in [6.07, 6.45) is 5.19. The average molecular weight is 240 g/mol. The largest absolute Gasteiger partial charge is 0.384 e. The molecule has 1 saturated heterocycles. The maximum atomic E-state index is 6.17. The van der Waals surface area contributed by atoms with Crippen LogP contribution in [0.3, 0.4) is 0 Å². The Hall–Kier alpha value is -0.120. The lowest BCUT2D eigenvalue weighted by atomic mass is 9.73. The number of nitrogens with two attached hydrogens (primary N) is 1. The molecule has 2 N–H and O–H groups in total. The predicted molar refractivity (Wildman–Crippen MR) is 71.0 cm³/mol. The van der Waals surface area contributed by atoms with E-state index in [-0.39, 0.29) is 5.54 Å². The van der Waals surface area contributed by atoms with Crippen LogP contribution in [0.1, 0.15) is 39.5 Å². The molecule has 100 valence electrons. The number of nitrogens with zero attached hydrogens (tertiary/aromatic N) is 1. The van der Waals surface area contributed by atoms with Gasteiger partial charge in [-0.1, -0.05) is 20.3 Å². The van der Waals surface area contributed by atoms with Crippen molar-refractivity contribution in [3.05, 3.63) is 0 Å². The lowest BCUT2D eigenvalue weighted by Gasteiger charge is -2.48. The molecule has 17 heavy (non-hydrogen) atoms. The van der Waals surface area contributed by atoms with Crippen LogP contribution in [0.5, 0.6) is 0 Å². The number of hydrogen-bond acceptors (Lipinski definition) is 3. The molecule has 2 fully saturated rings. The first-order chi connectivity index (χ1) is 8.05. The van der Waals surface area contributed by atoms with E-state index in [0.29, 0.717) is 11.3 Å². The van der Waals surface area contributed by atoms with Gasteiger partial charge in [0.2, 0.25) is 0 Å². The Balaban J connectivity index is 2.09. The molecule has 0 spiro atoms. The lowest BCUT2D eigenvalue weighted by molar-refractivity contribution is 0.0252. The van der Waals surface area contributed by atoms with E-state index in [4.69, 9.17) is 10.5 Å². The van der Waals surface area contributed by atoms with Crippen molar-refractivity contribution in [3.63, 3.8) is 0 Å².